The molecule has 0 aromatic heterocycles. The number of hydrogen-bond acceptors (Lipinski definition) is 2. The standard InChI is InChI=1S/C12H15BrO2/c1-14-10-5-6-12(11(13)7-10)15-8-9-3-2-4-9/h5-7,9H,2-4,8H2,1H3. The molecule has 0 N–H and O–H groups in total. The maximum atomic E-state index is 5.74. The van der Waals surface area contributed by atoms with Crippen LogP contribution in [0.25, 0.3) is 0 Å². The van der Waals surface area contributed by atoms with Crippen LogP contribution < -0.4 is 9.47 Å². The minimum Gasteiger partial charge on any atom is -0.497 e. The summed E-state index contributed by atoms with van der Waals surface area (Å²) < 4.78 is 11.8. The van der Waals surface area contributed by atoms with E-state index in [4.69, 9.17) is 9.47 Å². The smallest absolute Gasteiger partial charge is 0.133 e. The average Bonchev–Trinajstić information content (AvgIpc) is 2.18. The van der Waals surface area contributed by atoms with Gasteiger partial charge in [-0.15, -0.1) is 0 Å². The van der Waals surface area contributed by atoms with Gasteiger partial charge < -0.3 is 9.47 Å². The number of halogens is 1. The van der Waals surface area contributed by atoms with E-state index in [1.807, 2.05) is 18.2 Å². The Morgan fingerprint density at radius 3 is 2.73 bits per heavy atom. The molecule has 0 aliphatic heterocycles. The minimum absolute atomic E-state index is 0.763. The number of rotatable bonds is 4. The Morgan fingerprint density at radius 2 is 2.20 bits per heavy atom. The molecule has 0 radical (unpaired) electrons. The molecular weight excluding hydrogens is 256 g/mol. The summed E-state index contributed by atoms with van der Waals surface area (Å²) >= 11 is 3.47. The Morgan fingerprint density at radius 1 is 1.40 bits per heavy atom. The van der Waals surface area contributed by atoms with Crippen LogP contribution in [0.3, 0.4) is 0 Å². The van der Waals surface area contributed by atoms with Crippen molar-refractivity contribution in [2.24, 2.45) is 5.92 Å². The first-order valence-corrected chi connectivity index (χ1v) is 6.05. The van der Waals surface area contributed by atoms with E-state index in [-0.39, 0.29) is 0 Å². The Balaban J connectivity index is 1.95. The van der Waals surface area contributed by atoms with Crippen LogP contribution >= 0.6 is 15.9 Å². The van der Waals surface area contributed by atoms with Gasteiger partial charge in [0.05, 0.1) is 18.2 Å². The first-order valence-electron chi connectivity index (χ1n) is 5.26. The second-order valence-electron chi connectivity index (χ2n) is 3.90. The predicted molar refractivity (Wildman–Crippen MR) is 63.5 cm³/mol. The highest BCUT2D eigenvalue weighted by Crippen LogP contribution is 2.32. The highest BCUT2D eigenvalue weighted by molar-refractivity contribution is 9.10. The monoisotopic (exact) mass is 270 g/mol. The van der Waals surface area contributed by atoms with Crippen LogP contribution in [0.5, 0.6) is 11.5 Å². The van der Waals surface area contributed by atoms with Crippen molar-refractivity contribution in [1.82, 2.24) is 0 Å². The summed E-state index contributed by atoms with van der Waals surface area (Å²) in [4.78, 5) is 0. The largest absolute Gasteiger partial charge is 0.497 e. The molecule has 2 nitrogen and oxygen atoms in total. The molecule has 0 atom stereocenters. The number of methoxy groups -OCH3 is 1. The average molecular weight is 271 g/mol. The summed E-state index contributed by atoms with van der Waals surface area (Å²) in [5.74, 6) is 2.51. The van der Waals surface area contributed by atoms with Crippen molar-refractivity contribution >= 4 is 15.9 Å². The third-order valence-corrected chi connectivity index (χ3v) is 3.46. The number of benzene rings is 1. The highest BCUT2D eigenvalue weighted by atomic mass is 79.9. The summed E-state index contributed by atoms with van der Waals surface area (Å²) in [5, 5.41) is 0. The maximum Gasteiger partial charge on any atom is 0.133 e. The van der Waals surface area contributed by atoms with Gasteiger partial charge in [-0.05, 0) is 52.9 Å². The van der Waals surface area contributed by atoms with Crippen LogP contribution in [-0.2, 0) is 0 Å². The first kappa shape index (κ1) is 10.8. The third kappa shape index (κ3) is 2.65. The zero-order valence-corrected chi connectivity index (χ0v) is 10.4. The van der Waals surface area contributed by atoms with Crippen molar-refractivity contribution < 1.29 is 9.47 Å². The molecule has 0 unspecified atom stereocenters. The van der Waals surface area contributed by atoms with Crippen molar-refractivity contribution in [2.45, 2.75) is 19.3 Å². The molecule has 0 heterocycles. The lowest BCUT2D eigenvalue weighted by atomic mass is 9.86. The highest BCUT2D eigenvalue weighted by Gasteiger charge is 2.18. The Bertz CT molecular complexity index is 334. The van der Waals surface area contributed by atoms with Crippen molar-refractivity contribution in [1.29, 1.82) is 0 Å². The third-order valence-electron chi connectivity index (χ3n) is 2.84. The SMILES string of the molecule is COc1ccc(OCC2CCC2)c(Br)c1. The van der Waals surface area contributed by atoms with Crippen molar-refractivity contribution in [3.8, 4) is 11.5 Å². The Hall–Kier alpha value is -0.700. The fraction of sp³-hybridized carbons (Fsp3) is 0.500. The van der Waals surface area contributed by atoms with Crippen molar-refractivity contribution in [3.05, 3.63) is 22.7 Å². The minimum atomic E-state index is 0.763. The molecular formula is C12H15BrO2. The van der Waals surface area contributed by atoms with E-state index >= 15 is 0 Å². The van der Waals surface area contributed by atoms with Gasteiger partial charge in [-0.2, -0.15) is 0 Å². The molecule has 15 heavy (non-hydrogen) atoms. The number of hydrogen-bond donors (Lipinski definition) is 0. The fourth-order valence-corrected chi connectivity index (χ4v) is 2.06. The van der Waals surface area contributed by atoms with E-state index in [1.165, 1.54) is 19.3 Å². The second-order valence-corrected chi connectivity index (χ2v) is 4.76. The van der Waals surface area contributed by atoms with Crippen molar-refractivity contribution in [3.63, 3.8) is 0 Å². The lowest BCUT2D eigenvalue weighted by Crippen LogP contribution is -2.19. The molecule has 0 bridgehead atoms. The van der Waals surface area contributed by atoms with Gasteiger partial charge in [0.25, 0.3) is 0 Å². The topological polar surface area (TPSA) is 18.5 Å². The second kappa shape index (κ2) is 4.88. The summed E-state index contributed by atoms with van der Waals surface area (Å²) in [6.45, 7) is 0.838. The van der Waals surface area contributed by atoms with E-state index in [0.717, 1.165) is 28.5 Å². The Labute approximate surface area is 98.7 Å². The maximum absolute atomic E-state index is 5.74. The predicted octanol–water partition coefficient (Wildman–Crippen LogP) is 3.64. The molecule has 0 spiro atoms. The van der Waals surface area contributed by atoms with E-state index in [9.17, 15) is 0 Å². The summed E-state index contributed by atoms with van der Waals surface area (Å²) in [5.41, 5.74) is 0. The van der Waals surface area contributed by atoms with E-state index in [0.29, 0.717) is 0 Å². The quantitative estimate of drug-likeness (QED) is 0.832. The van der Waals surface area contributed by atoms with E-state index in [2.05, 4.69) is 15.9 Å². The van der Waals surface area contributed by atoms with Crippen LogP contribution in [0, 0.1) is 5.92 Å². The lowest BCUT2D eigenvalue weighted by molar-refractivity contribution is 0.179. The van der Waals surface area contributed by atoms with Crippen LogP contribution in [0.2, 0.25) is 0 Å². The van der Waals surface area contributed by atoms with Gasteiger partial charge in [0.15, 0.2) is 0 Å². The molecule has 1 aromatic carbocycles. The molecule has 1 fully saturated rings. The first-order chi connectivity index (χ1) is 7.29. The van der Waals surface area contributed by atoms with Crippen LogP contribution in [-0.4, -0.2) is 13.7 Å². The van der Waals surface area contributed by atoms with Gasteiger partial charge in [-0.1, -0.05) is 6.42 Å². The Kier molecular flexibility index (Phi) is 3.52. The molecule has 2 rings (SSSR count). The van der Waals surface area contributed by atoms with Crippen LogP contribution in [0.15, 0.2) is 22.7 Å². The van der Waals surface area contributed by atoms with Crippen LogP contribution in [0.4, 0.5) is 0 Å². The van der Waals surface area contributed by atoms with Gasteiger partial charge in [0.1, 0.15) is 11.5 Å². The van der Waals surface area contributed by atoms with Crippen LogP contribution in [0.1, 0.15) is 19.3 Å². The number of ether oxygens (including phenoxy) is 2. The van der Waals surface area contributed by atoms with Gasteiger partial charge in [-0.3, -0.25) is 0 Å². The molecule has 0 saturated heterocycles. The van der Waals surface area contributed by atoms with Gasteiger partial charge in [-0.25, -0.2) is 0 Å². The summed E-state index contributed by atoms with van der Waals surface area (Å²) in [6.07, 6.45) is 3.99. The zero-order valence-electron chi connectivity index (χ0n) is 8.83. The summed E-state index contributed by atoms with van der Waals surface area (Å²) in [7, 11) is 1.66. The molecule has 82 valence electrons. The van der Waals surface area contributed by atoms with E-state index < -0.39 is 0 Å². The molecule has 1 aromatic rings. The molecule has 0 amide bonds. The zero-order chi connectivity index (χ0) is 10.7. The molecule has 3 heteroatoms. The normalized spacial score (nSPS) is 15.9. The van der Waals surface area contributed by atoms with Gasteiger partial charge >= 0.3 is 0 Å². The van der Waals surface area contributed by atoms with E-state index in [1.54, 1.807) is 7.11 Å². The molecule has 1 saturated carbocycles. The lowest BCUT2D eigenvalue weighted by Gasteiger charge is -2.25. The summed E-state index contributed by atoms with van der Waals surface area (Å²) in [6, 6.07) is 5.79. The van der Waals surface area contributed by atoms with Crippen molar-refractivity contribution in [2.75, 3.05) is 13.7 Å². The van der Waals surface area contributed by atoms with Gasteiger partial charge in [0.2, 0.25) is 0 Å². The molecule has 1 aliphatic carbocycles. The van der Waals surface area contributed by atoms with Gasteiger partial charge in [0, 0.05) is 0 Å². The molecule has 1 aliphatic rings. The fourth-order valence-electron chi connectivity index (χ4n) is 1.59.